The van der Waals surface area contributed by atoms with Crippen LogP contribution in [0, 0.1) is 11.8 Å². The predicted octanol–water partition coefficient (Wildman–Crippen LogP) is -3.07. The number of hydrazine groups is 1. The molecule has 4 heterocycles. The van der Waals surface area contributed by atoms with Crippen molar-refractivity contribution >= 4 is 5.91 Å². The van der Waals surface area contributed by atoms with Gasteiger partial charge in [-0.3, -0.25) is 15.0 Å². The number of likely N-dealkylation sites (N-methyl/N-ethyl adjacent to an activating group) is 1. The molecule has 4 saturated heterocycles. The number of carbonyl (C=O) groups excluding carboxylic acids is 1. The van der Waals surface area contributed by atoms with E-state index in [1.807, 2.05) is 0 Å². The van der Waals surface area contributed by atoms with Crippen molar-refractivity contribution in [3.05, 3.63) is 0 Å². The monoisotopic (exact) mass is 370 g/mol. The van der Waals surface area contributed by atoms with Crippen LogP contribution in [0.5, 0.6) is 0 Å². The lowest BCUT2D eigenvalue weighted by Gasteiger charge is -2.39. The predicted molar refractivity (Wildman–Crippen MR) is 95.3 cm³/mol. The zero-order chi connectivity index (χ0) is 18.3. The number of halogens is 1. The van der Waals surface area contributed by atoms with Crippen LogP contribution >= 0.6 is 0 Å². The van der Waals surface area contributed by atoms with Gasteiger partial charge >= 0.3 is 0 Å². The molecule has 0 aromatic rings. The molecule has 0 aliphatic carbocycles. The number of fused-ring (bicyclic) bond motifs is 1. The van der Waals surface area contributed by atoms with E-state index >= 15 is 0 Å². The molecular weight excluding hydrogens is 339 g/mol. The number of amides is 1. The number of hydrogen-bond donors (Lipinski definition) is 6. The quantitative estimate of drug-likeness (QED) is 0.311. The number of nitrogens with one attached hydrogen (secondary N) is 5. The fourth-order valence-corrected chi connectivity index (χ4v) is 4.90. The highest BCUT2D eigenvalue weighted by Gasteiger charge is 2.48. The van der Waals surface area contributed by atoms with Gasteiger partial charge in [0.2, 0.25) is 5.91 Å². The van der Waals surface area contributed by atoms with Gasteiger partial charge in [0.1, 0.15) is 6.17 Å². The van der Waals surface area contributed by atoms with E-state index in [2.05, 4.69) is 38.6 Å². The van der Waals surface area contributed by atoms with E-state index in [0.29, 0.717) is 12.0 Å². The molecule has 0 radical (unpaired) electrons. The van der Waals surface area contributed by atoms with Crippen molar-refractivity contribution in [3.63, 3.8) is 0 Å². The van der Waals surface area contributed by atoms with Crippen LogP contribution in [-0.2, 0) is 4.79 Å². The van der Waals surface area contributed by atoms with Gasteiger partial charge in [0, 0.05) is 44.9 Å². The molecule has 4 aliphatic heterocycles. The SMILES string of the molecule is CN1CNCC1C1CCNCC1NC(=O)C1C(N)NN2CC(F)CNC12. The zero-order valence-electron chi connectivity index (χ0n) is 15.2. The molecule has 0 saturated carbocycles. The van der Waals surface area contributed by atoms with E-state index in [-0.39, 0.29) is 31.2 Å². The van der Waals surface area contributed by atoms with E-state index in [4.69, 9.17) is 5.73 Å². The number of rotatable bonds is 3. The van der Waals surface area contributed by atoms with Crippen LogP contribution in [0.4, 0.5) is 4.39 Å². The van der Waals surface area contributed by atoms with Gasteiger partial charge in [-0.1, -0.05) is 0 Å². The Morgan fingerprint density at radius 3 is 2.88 bits per heavy atom. The molecule has 7 atom stereocenters. The van der Waals surface area contributed by atoms with Gasteiger partial charge in [-0.15, -0.1) is 0 Å². The van der Waals surface area contributed by atoms with Crippen molar-refractivity contribution in [1.29, 1.82) is 0 Å². The van der Waals surface area contributed by atoms with Crippen LogP contribution in [0.2, 0.25) is 0 Å². The second kappa shape index (κ2) is 7.63. The first-order valence-corrected chi connectivity index (χ1v) is 9.62. The first kappa shape index (κ1) is 18.5. The molecule has 0 spiro atoms. The molecule has 4 aliphatic rings. The van der Waals surface area contributed by atoms with E-state index in [1.54, 1.807) is 5.01 Å². The molecule has 0 aromatic heterocycles. The van der Waals surface area contributed by atoms with Crippen LogP contribution < -0.4 is 32.4 Å². The van der Waals surface area contributed by atoms with Gasteiger partial charge in [-0.25, -0.2) is 14.8 Å². The third kappa shape index (κ3) is 3.47. The lowest BCUT2D eigenvalue weighted by Crippen LogP contribution is -2.61. The van der Waals surface area contributed by atoms with Crippen LogP contribution in [0.25, 0.3) is 0 Å². The highest BCUT2D eigenvalue weighted by molar-refractivity contribution is 5.80. The summed E-state index contributed by atoms with van der Waals surface area (Å²) in [5.74, 6) is -0.101. The Morgan fingerprint density at radius 2 is 2.12 bits per heavy atom. The molecular formula is C16H31FN8O. The van der Waals surface area contributed by atoms with Crippen LogP contribution in [-0.4, -0.2) is 92.8 Å². The van der Waals surface area contributed by atoms with E-state index in [0.717, 1.165) is 32.7 Å². The number of nitrogens with zero attached hydrogens (tertiary/aromatic N) is 2. The number of hydrogen-bond acceptors (Lipinski definition) is 8. The number of alkyl halides is 1. The Labute approximate surface area is 153 Å². The summed E-state index contributed by atoms with van der Waals surface area (Å²) in [7, 11) is 2.12. The molecule has 0 aromatic carbocycles. The summed E-state index contributed by atoms with van der Waals surface area (Å²) in [6, 6.07) is 0.497. The van der Waals surface area contributed by atoms with Gasteiger partial charge in [0.25, 0.3) is 0 Å². The fourth-order valence-electron chi connectivity index (χ4n) is 4.90. The Kier molecular flexibility index (Phi) is 5.42. The Bertz CT molecular complexity index is 524. The summed E-state index contributed by atoms with van der Waals surface area (Å²) in [6.07, 6.45) is -0.690. The van der Waals surface area contributed by atoms with Crippen molar-refractivity contribution in [1.82, 2.24) is 36.6 Å². The zero-order valence-corrected chi connectivity index (χ0v) is 15.2. The van der Waals surface area contributed by atoms with E-state index in [9.17, 15) is 9.18 Å². The van der Waals surface area contributed by atoms with Crippen LogP contribution in [0.1, 0.15) is 6.42 Å². The maximum Gasteiger partial charge on any atom is 0.229 e. The van der Waals surface area contributed by atoms with Gasteiger partial charge in [-0.2, -0.15) is 0 Å². The fraction of sp³-hybridized carbons (Fsp3) is 0.938. The summed E-state index contributed by atoms with van der Waals surface area (Å²) in [5.41, 5.74) is 9.20. The minimum Gasteiger partial charge on any atom is -0.351 e. The van der Waals surface area contributed by atoms with Crippen LogP contribution in [0.15, 0.2) is 0 Å². The normalized spacial score (nSPS) is 44.8. The first-order chi connectivity index (χ1) is 12.5. The average Bonchev–Trinajstić information content (AvgIpc) is 3.17. The summed E-state index contributed by atoms with van der Waals surface area (Å²) in [6.45, 7) is 4.09. The molecule has 0 bridgehead atoms. The molecule has 4 rings (SSSR count). The molecule has 7 N–H and O–H groups in total. The molecule has 10 heteroatoms. The molecule has 26 heavy (non-hydrogen) atoms. The van der Waals surface area contributed by atoms with Crippen molar-refractivity contribution in [3.8, 4) is 0 Å². The molecule has 148 valence electrons. The molecule has 9 nitrogen and oxygen atoms in total. The topological polar surface area (TPSA) is 110 Å². The molecule has 7 unspecified atom stereocenters. The van der Waals surface area contributed by atoms with Gasteiger partial charge < -0.3 is 21.7 Å². The van der Waals surface area contributed by atoms with Gasteiger partial charge in [0.05, 0.1) is 18.2 Å². The van der Waals surface area contributed by atoms with Crippen molar-refractivity contribution < 1.29 is 9.18 Å². The summed E-state index contributed by atoms with van der Waals surface area (Å²) >= 11 is 0. The lowest BCUT2D eigenvalue weighted by molar-refractivity contribution is -0.128. The Hall–Kier alpha value is -0.880. The highest BCUT2D eigenvalue weighted by atomic mass is 19.1. The maximum absolute atomic E-state index is 13.6. The molecule has 4 fully saturated rings. The van der Waals surface area contributed by atoms with Gasteiger partial charge in [-0.05, 0) is 25.9 Å². The standard InChI is InChI=1S/C16H31FN8O/c1-24-8-20-6-12(24)10-2-3-19-5-11(10)22-16(26)13-14(18)23-25-7-9(17)4-21-15(13)25/h9-15,19-21,23H,2-8,18H2,1H3,(H,22,26). The van der Waals surface area contributed by atoms with Crippen molar-refractivity contribution in [2.75, 3.05) is 46.4 Å². The second-order valence-corrected chi connectivity index (χ2v) is 7.99. The molecule has 1 amide bonds. The van der Waals surface area contributed by atoms with E-state index in [1.165, 1.54) is 0 Å². The average molecular weight is 370 g/mol. The second-order valence-electron chi connectivity index (χ2n) is 7.99. The smallest absolute Gasteiger partial charge is 0.229 e. The number of nitrogens with two attached hydrogens (primary N) is 1. The summed E-state index contributed by atoms with van der Waals surface area (Å²) < 4.78 is 13.6. The van der Waals surface area contributed by atoms with E-state index < -0.39 is 18.3 Å². The minimum absolute atomic E-state index is 0.0605. The van der Waals surface area contributed by atoms with Crippen LogP contribution in [0.3, 0.4) is 0 Å². The third-order valence-electron chi connectivity index (χ3n) is 6.26. The Balaban J connectivity index is 1.42. The number of piperidine rings is 1. The Morgan fingerprint density at radius 1 is 1.27 bits per heavy atom. The highest BCUT2D eigenvalue weighted by Crippen LogP contribution is 2.25. The van der Waals surface area contributed by atoms with Crippen molar-refractivity contribution in [2.24, 2.45) is 17.6 Å². The van der Waals surface area contributed by atoms with Crippen molar-refractivity contribution in [2.45, 2.75) is 37.0 Å². The number of carbonyl (C=O) groups is 1. The summed E-state index contributed by atoms with van der Waals surface area (Å²) in [5, 5.41) is 14.9. The van der Waals surface area contributed by atoms with Gasteiger partial charge in [0.15, 0.2) is 0 Å². The summed E-state index contributed by atoms with van der Waals surface area (Å²) in [4.78, 5) is 15.4. The largest absolute Gasteiger partial charge is 0.351 e. The third-order valence-corrected chi connectivity index (χ3v) is 6.26. The first-order valence-electron chi connectivity index (χ1n) is 9.62. The maximum atomic E-state index is 13.6. The lowest BCUT2D eigenvalue weighted by atomic mass is 9.85. The minimum atomic E-state index is -0.954.